The van der Waals surface area contributed by atoms with Crippen LogP contribution >= 0.6 is 0 Å². The van der Waals surface area contributed by atoms with Crippen LogP contribution in [0.3, 0.4) is 0 Å². The van der Waals surface area contributed by atoms with Crippen LogP contribution in [0.2, 0.25) is 0 Å². The first kappa shape index (κ1) is 14.1. The molecule has 3 rings (SSSR count). The molecule has 1 aliphatic rings. The van der Waals surface area contributed by atoms with Gasteiger partial charge in [-0.1, -0.05) is 6.07 Å². The van der Waals surface area contributed by atoms with Gasteiger partial charge in [-0.3, -0.25) is 13.9 Å². The van der Waals surface area contributed by atoms with Crippen molar-refractivity contribution in [2.75, 3.05) is 5.32 Å². The van der Waals surface area contributed by atoms with Gasteiger partial charge in [0.1, 0.15) is 11.9 Å². The number of nitrogens with one attached hydrogen (secondary N) is 1. The molecule has 1 N–H and O–H groups in total. The molecule has 6 heteroatoms. The number of anilines is 2. The number of aromatic nitrogens is 2. The second kappa shape index (κ2) is 5.19. The zero-order valence-corrected chi connectivity index (χ0v) is 12.5. The molecular weight excluding hydrogens is 280 g/mol. The monoisotopic (exact) mass is 296 g/mol. The summed E-state index contributed by atoms with van der Waals surface area (Å²) in [4.78, 5) is 24.1. The van der Waals surface area contributed by atoms with Crippen LogP contribution in [0.25, 0.3) is 0 Å². The number of benzene rings is 1. The summed E-state index contributed by atoms with van der Waals surface area (Å²) < 4.78 is 2.22. The van der Waals surface area contributed by atoms with E-state index >= 15 is 0 Å². The molecule has 1 aromatic carbocycles. The van der Waals surface area contributed by atoms with Gasteiger partial charge in [-0.25, -0.2) is 4.79 Å². The SMILES string of the molecule is Cn1c(Nc2ccc3c(c2)CCC3)c(C#N)c(=O)n(C)c1=O. The van der Waals surface area contributed by atoms with Crippen LogP contribution in [0, 0.1) is 11.3 Å². The standard InChI is InChI=1S/C16H16N4O2/c1-19-14(13(9-17)15(21)20(2)16(19)22)18-12-7-6-10-4-3-5-11(10)8-12/h6-8,18H,3-5H2,1-2H3. The maximum Gasteiger partial charge on any atom is 0.332 e. The molecule has 1 aromatic heterocycles. The molecular formula is C16H16N4O2. The quantitative estimate of drug-likeness (QED) is 0.902. The Bertz CT molecular complexity index is 915. The van der Waals surface area contributed by atoms with Crippen LogP contribution in [0.4, 0.5) is 11.5 Å². The zero-order chi connectivity index (χ0) is 15.9. The third-order valence-electron chi connectivity index (χ3n) is 4.14. The Hall–Kier alpha value is -2.81. The number of fused-ring (bicyclic) bond motifs is 1. The van der Waals surface area contributed by atoms with Gasteiger partial charge in [0.2, 0.25) is 0 Å². The topological polar surface area (TPSA) is 79.8 Å². The molecule has 1 heterocycles. The van der Waals surface area contributed by atoms with Crippen molar-refractivity contribution in [3.05, 3.63) is 55.7 Å². The number of rotatable bonds is 2. The van der Waals surface area contributed by atoms with E-state index in [1.54, 1.807) is 0 Å². The Morgan fingerprint density at radius 1 is 1.14 bits per heavy atom. The van der Waals surface area contributed by atoms with Gasteiger partial charge in [0.25, 0.3) is 5.56 Å². The largest absolute Gasteiger partial charge is 0.340 e. The van der Waals surface area contributed by atoms with E-state index in [0.717, 1.165) is 29.5 Å². The normalized spacial score (nSPS) is 12.8. The summed E-state index contributed by atoms with van der Waals surface area (Å²) in [6.07, 6.45) is 3.27. The lowest BCUT2D eigenvalue weighted by atomic mass is 10.1. The summed E-state index contributed by atoms with van der Waals surface area (Å²) in [6.45, 7) is 0. The summed E-state index contributed by atoms with van der Waals surface area (Å²) >= 11 is 0. The van der Waals surface area contributed by atoms with Gasteiger partial charge in [0.05, 0.1) is 0 Å². The van der Waals surface area contributed by atoms with Crippen LogP contribution < -0.4 is 16.6 Å². The fraction of sp³-hybridized carbons (Fsp3) is 0.312. The van der Waals surface area contributed by atoms with Gasteiger partial charge in [0.15, 0.2) is 5.56 Å². The van der Waals surface area contributed by atoms with E-state index in [4.69, 9.17) is 0 Å². The molecule has 0 saturated carbocycles. The van der Waals surface area contributed by atoms with Crippen molar-refractivity contribution >= 4 is 11.5 Å². The third kappa shape index (κ3) is 2.11. The first-order valence-electron chi connectivity index (χ1n) is 7.12. The maximum absolute atomic E-state index is 12.1. The molecule has 112 valence electrons. The summed E-state index contributed by atoms with van der Waals surface area (Å²) in [6, 6.07) is 7.87. The minimum atomic E-state index is -0.589. The average molecular weight is 296 g/mol. The highest BCUT2D eigenvalue weighted by atomic mass is 16.2. The highest BCUT2D eigenvalue weighted by molar-refractivity contribution is 5.64. The lowest BCUT2D eigenvalue weighted by Gasteiger charge is -2.14. The average Bonchev–Trinajstić information content (AvgIpc) is 2.98. The van der Waals surface area contributed by atoms with Crippen molar-refractivity contribution in [1.82, 2.24) is 9.13 Å². The molecule has 2 aromatic rings. The van der Waals surface area contributed by atoms with Crippen molar-refractivity contribution in [2.24, 2.45) is 14.1 Å². The predicted molar refractivity (Wildman–Crippen MR) is 83.4 cm³/mol. The number of nitrogens with zero attached hydrogens (tertiary/aromatic N) is 3. The Kier molecular flexibility index (Phi) is 3.33. The van der Waals surface area contributed by atoms with Crippen LogP contribution in [0.1, 0.15) is 23.1 Å². The Morgan fingerprint density at radius 2 is 1.86 bits per heavy atom. The van der Waals surface area contributed by atoms with Crippen LogP contribution in [0.15, 0.2) is 27.8 Å². The molecule has 0 unspecified atom stereocenters. The second-order valence-corrected chi connectivity index (χ2v) is 5.50. The van der Waals surface area contributed by atoms with Gasteiger partial charge in [0, 0.05) is 19.8 Å². The van der Waals surface area contributed by atoms with E-state index in [0.29, 0.717) is 0 Å². The highest BCUT2D eigenvalue weighted by Gasteiger charge is 2.16. The van der Waals surface area contributed by atoms with Crippen LogP contribution in [0.5, 0.6) is 0 Å². The molecule has 0 radical (unpaired) electrons. The fourth-order valence-electron chi connectivity index (χ4n) is 2.88. The molecule has 1 aliphatic carbocycles. The maximum atomic E-state index is 12.1. The number of aryl methyl sites for hydroxylation is 2. The molecule has 6 nitrogen and oxygen atoms in total. The molecule has 0 fully saturated rings. The summed E-state index contributed by atoms with van der Waals surface area (Å²) in [5, 5.41) is 12.3. The van der Waals surface area contributed by atoms with Crippen molar-refractivity contribution < 1.29 is 0 Å². The minimum Gasteiger partial charge on any atom is -0.340 e. The zero-order valence-electron chi connectivity index (χ0n) is 12.5. The summed E-state index contributed by atoms with van der Waals surface area (Å²) in [5.74, 6) is 0.230. The van der Waals surface area contributed by atoms with Crippen LogP contribution in [-0.2, 0) is 26.9 Å². The molecule has 0 atom stereocenters. The Balaban J connectivity index is 2.12. The fourth-order valence-corrected chi connectivity index (χ4v) is 2.88. The van der Waals surface area contributed by atoms with E-state index in [9.17, 15) is 14.9 Å². The lowest BCUT2D eigenvalue weighted by Crippen LogP contribution is -2.39. The number of nitriles is 1. The molecule has 0 spiro atoms. The van der Waals surface area contributed by atoms with Crippen molar-refractivity contribution in [1.29, 1.82) is 5.26 Å². The molecule has 0 amide bonds. The van der Waals surface area contributed by atoms with Gasteiger partial charge >= 0.3 is 5.69 Å². The van der Waals surface area contributed by atoms with E-state index < -0.39 is 11.2 Å². The minimum absolute atomic E-state index is 0.0647. The smallest absolute Gasteiger partial charge is 0.332 e. The molecule has 0 bridgehead atoms. The summed E-state index contributed by atoms with van der Waals surface area (Å²) in [7, 11) is 2.91. The number of hydrogen-bond donors (Lipinski definition) is 1. The van der Waals surface area contributed by atoms with Gasteiger partial charge in [-0.15, -0.1) is 0 Å². The first-order chi connectivity index (χ1) is 10.5. The molecule has 0 aliphatic heterocycles. The number of hydrogen-bond acceptors (Lipinski definition) is 4. The predicted octanol–water partition coefficient (Wildman–Crippen LogP) is 1.19. The van der Waals surface area contributed by atoms with Crippen molar-refractivity contribution in [3.63, 3.8) is 0 Å². The van der Waals surface area contributed by atoms with Crippen molar-refractivity contribution in [2.45, 2.75) is 19.3 Å². The van der Waals surface area contributed by atoms with Crippen LogP contribution in [-0.4, -0.2) is 9.13 Å². The van der Waals surface area contributed by atoms with E-state index in [-0.39, 0.29) is 11.4 Å². The Labute approximate surface area is 127 Å². The lowest BCUT2D eigenvalue weighted by molar-refractivity contribution is 0.689. The highest BCUT2D eigenvalue weighted by Crippen LogP contribution is 2.26. The van der Waals surface area contributed by atoms with Crippen molar-refractivity contribution in [3.8, 4) is 6.07 Å². The van der Waals surface area contributed by atoms with E-state index in [1.807, 2.05) is 18.2 Å². The molecule has 0 saturated heterocycles. The third-order valence-corrected chi connectivity index (χ3v) is 4.14. The van der Waals surface area contributed by atoms with E-state index in [1.165, 1.54) is 29.8 Å². The van der Waals surface area contributed by atoms with Gasteiger partial charge < -0.3 is 5.32 Å². The molecule has 22 heavy (non-hydrogen) atoms. The first-order valence-corrected chi connectivity index (χ1v) is 7.12. The van der Waals surface area contributed by atoms with Gasteiger partial charge in [-0.05, 0) is 42.5 Å². The summed E-state index contributed by atoms with van der Waals surface area (Å²) in [5.41, 5.74) is 2.27. The second-order valence-electron chi connectivity index (χ2n) is 5.50. The Morgan fingerprint density at radius 3 is 2.59 bits per heavy atom. The van der Waals surface area contributed by atoms with Gasteiger partial charge in [-0.2, -0.15) is 5.26 Å². The van der Waals surface area contributed by atoms with E-state index in [2.05, 4.69) is 11.4 Å².